The first kappa shape index (κ1) is 16.0. The Hall–Kier alpha value is -1.88. The van der Waals surface area contributed by atoms with Crippen LogP contribution in [-0.2, 0) is 11.3 Å². The number of nitrogens with two attached hydrogens (primary N) is 1. The minimum atomic E-state index is 0.0253. The van der Waals surface area contributed by atoms with E-state index in [1.807, 2.05) is 35.8 Å². The Morgan fingerprint density at radius 1 is 1.35 bits per heavy atom. The van der Waals surface area contributed by atoms with Crippen molar-refractivity contribution < 1.29 is 4.79 Å². The third-order valence-corrected chi connectivity index (χ3v) is 4.97. The molecule has 1 unspecified atom stereocenters. The van der Waals surface area contributed by atoms with Crippen LogP contribution in [0.2, 0.25) is 0 Å². The SMILES string of the molecule is Cc1nc2ccccc2n1CC(=O)NC(CN)C1CCCCC1. The molecule has 124 valence electrons. The van der Waals surface area contributed by atoms with Gasteiger partial charge in [0.15, 0.2) is 0 Å². The van der Waals surface area contributed by atoms with E-state index in [0.717, 1.165) is 16.9 Å². The van der Waals surface area contributed by atoms with Crippen molar-refractivity contribution in [3.63, 3.8) is 0 Å². The van der Waals surface area contributed by atoms with Crippen molar-refractivity contribution in [1.82, 2.24) is 14.9 Å². The van der Waals surface area contributed by atoms with Crippen LogP contribution in [0.5, 0.6) is 0 Å². The van der Waals surface area contributed by atoms with Gasteiger partial charge >= 0.3 is 0 Å². The van der Waals surface area contributed by atoms with Gasteiger partial charge in [0.25, 0.3) is 0 Å². The lowest BCUT2D eigenvalue weighted by molar-refractivity contribution is -0.122. The molecule has 23 heavy (non-hydrogen) atoms. The first-order chi connectivity index (χ1) is 11.2. The molecule has 0 radical (unpaired) electrons. The van der Waals surface area contributed by atoms with Crippen LogP contribution in [0.15, 0.2) is 24.3 Å². The van der Waals surface area contributed by atoms with Crippen molar-refractivity contribution >= 4 is 16.9 Å². The van der Waals surface area contributed by atoms with Gasteiger partial charge in [0.2, 0.25) is 5.91 Å². The standard InChI is InChI=1S/C18H26N4O/c1-13-20-15-9-5-6-10-17(15)22(13)12-18(23)21-16(11-19)14-7-3-2-4-8-14/h5-6,9-10,14,16H,2-4,7-8,11-12,19H2,1H3,(H,21,23). The van der Waals surface area contributed by atoms with Gasteiger partial charge in [0.05, 0.1) is 11.0 Å². The number of imidazole rings is 1. The van der Waals surface area contributed by atoms with Gasteiger partial charge < -0.3 is 15.6 Å². The van der Waals surface area contributed by atoms with E-state index in [1.54, 1.807) is 0 Å². The number of carbonyl (C=O) groups is 1. The summed E-state index contributed by atoms with van der Waals surface area (Å²) in [6, 6.07) is 8.01. The quantitative estimate of drug-likeness (QED) is 0.890. The second kappa shape index (κ2) is 7.13. The maximum absolute atomic E-state index is 12.5. The van der Waals surface area contributed by atoms with Crippen molar-refractivity contribution in [2.75, 3.05) is 6.54 Å². The molecule has 1 aromatic heterocycles. The summed E-state index contributed by atoms with van der Waals surface area (Å²) in [4.78, 5) is 17.0. The monoisotopic (exact) mass is 314 g/mol. The van der Waals surface area contributed by atoms with Crippen molar-refractivity contribution in [2.24, 2.45) is 11.7 Å². The van der Waals surface area contributed by atoms with Crippen LogP contribution in [0.3, 0.4) is 0 Å². The lowest BCUT2D eigenvalue weighted by Gasteiger charge is -2.30. The van der Waals surface area contributed by atoms with Gasteiger partial charge in [0, 0.05) is 12.6 Å². The summed E-state index contributed by atoms with van der Waals surface area (Å²) in [5, 5.41) is 3.15. The van der Waals surface area contributed by atoms with Crippen LogP contribution < -0.4 is 11.1 Å². The largest absolute Gasteiger partial charge is 0.350 e. The average Bonchev–Trinajstić information content (AvgIpc) is 2.89. The fraction of sp³-hybridized carbons (Fsp3) is 0.556. The second-order valence-corrected chi connectivity index (χ2v) is 6.54. The summed E-state index contributed by atoms with van der Waals surface area (Å²) in [7, 11) is 0. The number of rotatable bonds is 5. The van der Waals surface area contributed by atoms with Crippen molar-refractivity contribution in [3.8, 4) is 0 Å². The Morgan fingerprint density at radius 2 is 2.09 bits per heavy atom. The van der Waals surface area contributed by atoms with Gasteiger partial charge in [-0.1, -0.05) is 31.4 Å². The fourth-order valence-electron chi connectivity index (χ4n) is 3.70. The molecule has 0 bridgehead atoms. The third-order valence-electron chi connectivity index (χ3n) is 4.97. The topological polar surface area (TPSA) is 72.9 Å². The molecule has 1 aliphatic rings. The Bertz CT molecular complexity index is 673. The molecule has 5 heteroatoms. The number of amides is 1. The van der Waals surface area contributed by atoms with Gasteiger partial charge in [-0.15, -0.1) is 0 Å². The zero-order chi connectivity index (χ0) is 16.2. The molecular formula is C18H26N4O. The average molecular weight is 314 g/mol. The third kappa shape index (κ3) is 3.55. The number of hydrogen-bond donors (Lipinski definition) is 2. The van der Waals surface area contributed by atoms with Crippen LogP contribution in [0.25, 0.3) is 11.0 Å². The fourth-order valence-corrected chi connectivity index (χ4v) is 3.70. The highest BCUT2D eigenvalue weighted by Crippen LogP contribution is 2.26. The summed E-state index contributed by atoms with van der Waals surface area (Å²) in [5.41, 5.74) is 7.84. The van der Waals surface area contributed by atoms with Crippen molar-refractivity contribution in [2.45, 2.75) is 51.6 Å². The number of para-hydroxylation sites is 2. The number of aryl methyl sites for hydroxylation is 1. The summed E-state index contributed by atoms with van der Waals surface area (Å²) in [6.45, 7) is 2.75. The van der Waals surface area contributed by atoms with Crippen LogP contribution in [-0.4, -0.2) is 28.0 Å². The molecule has 3 N–H and O–H groups in total. The van der Waals surface area contributed by atoms with E-state index in [1.165, 1.54) is 32.1 Å². The van der Waals surface area contributed by atoms with Gasteiger partial charge in [-0.3, -0.25) is 4.79 Å². The minimum absolute atomic E-state index is 0.0253. The van der Waals surface area contributed by atoms with Crippen molar-refractivity contribution in [3.05, 3.63) is 30.1 Å². The van der Waals surface area contributed by atoms with E-state index in [0.29, 0.717) is 19.0 Å². The molecule has 0 aliphatic heterocycles. The minimum Gasteiger partial charge on any atom is -0.350 e. The van der Waals surface area contributed by atoms with E-state index >= 15 is 0 Å². The zero-order valence-corrected chi connectivity index (χ0v) is 13.8. The molecule has 2 aromatic rings. The molecule has 1 saturated carbocycles. The first-order valence-corrected chi connectivity index (χ1v) is 8.60. The van der Waals surface area contributed by atoms with E-state index in [-0.39, 0.29) is 11.9 Å². The maximum atomic E-state index is 12.5. The normalized spacial score (nSPS) is 17.3. The molecule has 0 spiro atoms. The van der Waals surface area contributed by atoms with E-state index in [9.17, 15) is 4.79 Å². The molecule has 1 amide bonds. The Labute approximate surface area is 137 Å². The van der Waals surface area contributed by atoms with E-state index in [4.69, 9.17) is 5.73 Å². The molecule has 5 nitrogen and oxygen atoms in total. The Kier molecular flexibility index (Phi) is 4.96. The number of fused-ring (bicyclic) bond motifs is 1. The van der Waals surface area contributed by atoms with Crippen LogP contribution in [0.1, 0.15) is 37.9 Å². The number of carbonyl (C=O) groups excluding carboxylic acids is 1. The summed E-state index contributed by atoms with van der Waals surface area (Å²) >= 11 is 0. The van der Waals surface area contributed by atoms with E-state index in [2.05, 4.69) is 10.3 Å². The lowest BCUT2D eigenvalue weighted by atomic mass is 9.84. The summed E-state index contributed by atoms with van der Waals surface area (Å²) in [6.07, 6.45) is 6.16. The molecule has 1 aliphatic carbocycles. The number of nitrogens with zero attached hydrogens (tertiary/aromatic N) is 2. The predicted octanol–water partition coefficient (Wildman–Crippen LogP) is 2.37. The number of aromatic nitrogens is 2. The van der Waals surface area contributed by atoms with Gasteiger partial charge in [-0.25, -0.2) is 4.98 Å². The van der Waals surface area contributed by atoms with Gasteiger partial charge in [-0.05, 0) is 37.8 Å². The molecular weight excluding hydrogens is 288 g/mol. The highest BCUT2D eigenvalue weighted by molar-refractivity contribution is 5.81. The number of nitrogens with one attached hydrogen (secondary N) is 1. The Morgan fingerprint density at radius 3 is 2.83 bits per heavy atom. The summed E-state index contributed by atoms with van der Waals surface area (Å²) in [5.74, 6) is 1.42. The molecule has 1 heterocycles. The van der Waals surface area contributed by atoms with Crippen LogP contribution in [0.4, 0.5) is 0 Å². The number of benzene rings is 1. The van der Waals surface area contributed by atoms with E-state index < -0.39 is 0 Å². The lowest BCUT2D eigenvalue weighted by Crippen LogP contribution is -2.47. The van der Waals surface area contributed by atoms with Crippen LogP contribution in [0, 0.1) is 12.8 Å². The van der Waals surface area contributed by atoms with Gasteiger partial charge in [0.1, 0.15) is 12.4 Å². The molecule has 1 aromatic carbocycles. The first-order valence-electron chi connectivity index (χ1n) is 8.60. The highest BCUT2D eigenvalue weighted by atomic mass is 16.2. The maximum Gasteiger partial charge on any atom is 0.240 e. The van der Waals surface area contributed by atoms with Crippen molar-refractivity contribution in [1.29, 1.82) is 0 Å². The predicted molar refractivity (Wildman–Crippen MR) is 92.0 cm³/mol. The molecule has 3 rings (SSSR count). The van der Waals surface area contributed by atoms with Gasteiger partial charge in [-0.2, -0.15) is 0 Å². The summed E-state index contributed by atoms with van der Waals surface area (Å²) < 4.78 is 1.97. The Balaban J connectivity index is 1.69. The number of hydrogen-bond acceptors (Lipinski definition) is 3. The van der Waals surface area contributed by atoms with Crippen LogP contribution >= 0.6 is 0 Å². The molecule has 1 atom stereocenters. The smallest absolute Gasteiger partial charge is 0.240 e. The molecule has 0 saturated heterocycles. The highest BCUT2D eigenvalue weighted by Gasteiger charge is 2.24. The molecule has 1 fully saturated rings. The zero-order valence-electron chi connectivity index (χ0n) is 13.8. The second-order valence-electron chi connectivity index (χ2n) is 6.54.